The molecule has 0 aliphatic rings. The molecule has 0 atom stereocenters. The lowest BCUT2D eigenvalue weighted by Gasteiger charge is -2.02. The summed E-state index contributed by atoms with van der Waals surface area (Å²) in [6.45, 7) is 0.186. The molecule has 6 nitrogen and oxygen atoms in total. The van der Waals surface area contributed by atoms with Crippen LogP contribution in [0.3, 0.4) is 0 Å². The molecular formula is C15H15N5O. The van der Waals surface area contributed by atoms with Gasteiger partial charge in [0.05, 0.1) is 29.3 Å². The maximum absolute atomic E-state index is 11.9. The van der Waals surface area contributed by atoms with E-state index in [2.05, 4.69) is 15.5 Å². The van der Waals surface area contributed by atoms with E-state index in [0.717, 1.165) is 16.7 Å². The molecule has 0 radical (unpaired) electrons. The molecule has 0 spiro atoms. The van der Waals surface area contributed by atoms with Gasteiger partial charge < -0.3 is 9.13 Å². The van der Waals surface area contributed by atoms with Gasteiger partial charge in [-0.25, -0.2) is 10.4 Å². The van der Waals surface area contributed by atoms with Crippen LogP contribution < -0.4 is 5.43 Å². The maximum atomic E-state index is 11.9. The van der Waals surface area contributed by atoms with E-state index in [9.17, 15) is 4.79 Å². The predicted molar refractivity (Wildman–Crippen MR) is 80.9 cm³/mol. The molecule has 2 aromatic heterocycles. The lowest BCUT2D eigenvalue weighted by molar-refractivity contribution is -0.121. The van der Waals surface area contributed by atoms with Gasteiger partial charge in [0, 0.05) is 13.2 Å². The number of benzene rings is 1. The van der Waals surface area contributed by atoms with Gasteiger partial charge in [-0.1, -0.05) is 12.1 Å². The van der Waals surface area contributed by atoms with Crippen LogP contribution in [-0.4, -0.2) is 26.2 Å². The summed E-state index contributed by atoms with van der Waals surface area (Å²) in [5.74, 6) is -0.191. The topological polar surface area (TPSA) is 64.2 Å². The molecular weight excluding hydrogens is 266 g/mol. The van der Waals surface area contributed by atoms with Crippen LogP contribution in [0, 0.1) is 0 Å². The fourth-order valence-electron chi connectivity index (χ4n) is 2.11. The third-order valence-corrected chi connectivity index (χ3v) is 3.21. The van der Waals surface area contributed by atoms with Gasteiger partial charge >= 0.3 is 0 Å². The number of aromatic nitrogens is 3. The molecule has 0 saturated carbocycles. The van der Waals surface area contributed by atoms with Crippen LogP contribution in [0.15, 0.2) is 54.0 Å². The van der Waals surface area contributed by atoms with Crippen LogP contribution in [0.5, 0.6) is 0 Å². The summed E-state index contributed by atoms with van der Waals surface area (Å²) in [6, 6.07) is 11.5. The van der Waals surface area contributed by atoms with Crippen LogP contribution in [0.25, 0.3) is 11.0 Å². The van der Waals surface area contributed by atoms with E-state index in [1.165, 1.54) is 0 Å². The number of para-hydroxylation sites is 2. The number of aryl methyl sites for hydroxylation is 1. The first-order chi connectivity index (χ1) is 10.2. The first-order valence-electron chi connectivity index (χ1n) is 6.57. The quantitative estimate of drug-likeness (QED) is 0.582. The van der Waals surface area contributed by atoms with E-state index in [0.29, 0.717) is 0 Å². The Morgan fingerprint density at radius 3 is 3.00 bits per heavy atom. The van der Waals surface area contributed by atoms with Gasteiger partial charge in [0.2, 0.25) is 0 Å². The van der Waals surface area contributed by atoms with Gasteiger partial charge in [-0.3, -0.25) is 4.79 Å². The lowest BCUT2D eigenvalue weighted by Crippen LogP contribution is -2.22. The Morgan fingerprint density at radius 1 is 1.33 bits per heavy atom. The summed E-state index contributed by atoms with van der Waals surface area (Å²) < 4.78 is 3.71. The molecule has 0 aliphatic heterocycles. The highest BCUT2D eigenvalue weighted by molar-refractivity contribution is 5.82. The summed E-state index contributed by atoms with van der Waals surface area (Å²) in [7, 11) is 1.92. The minimum absolute atomic E-state index is 0.186. The average molecular weight is 281 g/mol. The Morgan fingerprint density at radius 2 is 2.19 bits per heavy atom. The van der Waals surface area contributed by atoms with Crippen molar-refractivity contribution in [2.24, 2.45) is 12.1 Å². The van der Waals surface area contributed by atoms with Crippen LogP contribution in [-0.2, 0) is 18.4 Å². The molecule has 3 rings (SSSR count). The fourth-order valence-corrected chi connectivity index (χ4v) is 2.11. The van der Waals surface area contributed by atoms with E-state index in [1.54, 1.807) is 17.1 Å². The van der Waals surface area contributed by atoms with Crippen LogP contribution in [0.2, 0.25) is 0 Å². The second kappa shape index (κ2) is 5.62. The number of nitrogens with one attached hydrogen (secondary N) is 1. The van der Waals surface area contributed by atoms with Crippen molar-refractivity contribution in [3.8, 4) is 0 Å². The minimum Gasteiger partial charge on any atom is -0.350 e. The molecule has 0 aliphatic carbocycles. The number of fused-ring (bicyclic) bond motifs is 1. The zero-order valence-corrected chi connectivity index (χ0v) is 11.6. The number of hydrogen-bond donors (Lipinski definition) is 1. The number of hydrogen-bond acceptors (Lipinski definition) is 3. The Kier molecular flexibility index (Phi) is 3.51. The highest BCUT2D eigenvalue weighted by Gasteiger charge is 2.05. The summed E-state index contributed by atoms with van der Waals surface area (Å²) in [4.78, 5) is 16.1. The predicted octanol–water partition coefficient (Wildman–Crippen LogP) is 1.53. The molecule has 0 fully saturated rings. The zero-order chi connectivity index (χ0) is 14.7. The van der Waals surface area contributed by atoms with Crippen molar-refractivity contribution in [2.45, 2.75) is 6.54 Å². The van der Waals surface area contributed by atoms with Crippen molar-refractivity contribution in [3.63, 3.8) is 0 Å². The van der Waals surface area contributed by atoms with Crippen molar-refractivity contribution in [1.82, 2.24) is 19.5 Å². The number of amides is 1. The van der Waals surface area contributed by atoms with Gasteiger partial charge in [0.15, 0.2) is 0 Å². The maximum Gasteiger partial charge on any atom is 0.260 e. The van der Waals surface area contributed by atoms with Crippen molar-refractivity contribution < 1.29 is 4.79 Å². The average Bonchev–Trinajstić information content (AvgIpc) is 3.07. The van der Waals surface area contributed by atoms with E-state index < -0.39 is 0 Å². The van der Waals surface area contributed by atoms with Gasteiger partial charge in [0.1, 0.15) is 6.54 Å². The van der Waals surface area contributed by atoms with E-state index in [-0.39, 0.29) is 12.5 Å². The molecule has 1 amide bonds. The van der Waals surface area contributed by atoms with E-state index in [1.807, 2.05) is 54.2 Å². The van der Waals surface area contributed by atoms with Gasteiger partial charge in [-0.05, 0) is 24.3 Å². The van der Waals surface area contributed by atoms with Crippen molar-refractivity contribution in [2.75, 3.05) is 0 Å². The number of carbonyl (C=O) groups excluding carboxylic acids is 1. The Bertz CT molecular complexity index is 799. The molecule has 0 bridgehead atoms. The molecule has 0 unspecified atom stereocenters. The van der Waals surface area contributed by atoms with Crippen LogP contribution in [0.4, 0.5) is 0 Å². The van der Waals surface area contributed by atoms with Crippen LogP contribution >= 0.6 is 0 Å². The van der Waals surface area contributed by atoms with Crippen molar-refractivity contribution >= 4 is 23.2 Å². The third-order valence-electron chi connectivity index (χ3n) is 3.21. The molecule has 106 valence electrons. The molecule has 1 aromatic carbocycles. The summed E-state index contributed by atoms with van der Waals surface area (Å²) in [5.41, 5.74) is 5.24. The minimum atomic E-state index is -0.191. The highest BCUT2D eigenvalue weighted by Crippen LogP contribution is 2.11. The number of nitrogens with zero attached hydrogens (tertiary/aromatic N) is 4. The van der Waals surface area contributed by atoms with Crippen molar-refractivity contribution in [1.29, 1.82) is 0 Å². The Labute approximate surface area is 121 Å². The summed E-state index contributed by atoms with van der Waals surface area (Å²) in [6.07, 6.45) is 5.19. The number of rotatable bonds is 4. The van der Waals surface area contributed by atoms with E-state index in [4.69, 9.17) is 0 Å². The molecule has 0 saturated heterocycles. The number of hydrazone groups is 1. The zero-order valence-electron chi connectivity index (χ0n) is 11.6. The number of carbonyl (C=O) groups is 1. The lowest BCUT2D eigenvalue weighted by atomic mass is 10.3. The van der Waals surface area contributed by atoms with Gasteiger partial charge in [-0.15, -0.1) is 0 Å². The third kappa shape index (κ3) is 2.84. The Balaban J connectivity index is 1.64. The van der Waals surface area contributed by atoms with Crippen molar-refractivity contribution in [3.05, 3.63) is 54.6 Å². The first-order valence-corrected chi connectivity index (χ1v) is 6.57. The molecule has 6 heteroatoms. The molecule has 21 heavy (non-hydrogen) atoms. The molecule has 3 aromatic rings. The highest BCUT2D eigenvalue weighted by atomic mass is 16.2. The second-order valence-electron chi connectivity index (χ2n) is 4.70. The largest absolute Gasteiger partial charge is 0.350 e. The second-order valence-corrected chi connectivity index (χ2v) is 4.70. The SMILES string of the molecule is Cn1cccc1/C=N/NC(=O)Cn1cnc2ccccc21. The molecule has 1 N–H and O–H groups in total. The standard InChI is InChI=1S/C15H15N5O/c1-19-8-4-5-12(19)9-17-18-15(21)10-20-11-16-13-6-2-3-7-14(13)20/h2-9,11H,10H2,1H3,(H,18,21)/b17-9+. The van der Waals surface area contributed by atoms with E-state index >= 15 is 0 Å². The molecule has 2 heterocycles. The van der Waals surface area contributed by atoms with Gasteiger partial charge in [0.25, 0.3) is 5.91 Å². The fraction of sp³-hybridized carbons (Fsp3) is 0.133. The Hall–Kier alpha value is -2.89. The monoisotopic (exact) mass is 281 g/mol. The smallest absolute Gasteiger partial charge is 0.260 e. The first kappa shape index (κ1) is 13.1. The summed E-state index contributed by atoms with van der Waals surface area (Å²) in [5, 5.41) is 3.96. The van der Waals surface area contributed by atoms with Gasteiger partial charge in [-0.2, -0.15) is 5.10 Å². The normalized spacial score (nSPS) is 11.3. The number of imidazole rings is 1. The summed E-state index contributed by atoms with van der Waals surface area (Å²) >= 11 is 0. The van der Waals surface area contributed by atoms with Crippen LogP contribution in [0.1, 0.15) is 5.69 Å².